The number of halogens is 2. The molecule has 0 fully saturated rings. The lowest BCUT2D eigenvalue weighted by Crippen LogP contribution is -2.14. The van der Waals surface area contributed by atoms with Crippen molar-refractivity contribution in [1.29, 1.82) is 0 Å². The number of hydrogen-bond acceptors (Lipinski definition) is 5. The van der Waals surface area contributed by atoms with Crippen molar-refractivity contribution in [3.8, 4) is 11.5 Å². The molecule has 0 saturated heterocycles. The minimum Gasteiger partial charge on any atom is -0.493 e. The van der Waals surface area contributed by atoms with Crippen LogP contribution in [0.4, 0.5) is 13.9 Å². The zero-order valence-corrected chi connectivity index (χ0v) is 14.5. The fourth-order valence-corrected chi connectivity index (χ4v) is 2.78. The SMILES string of the molecule is COc1cc(C(=O)Nc2nc(C(C)(C)C)cs2)ccc1OC(F)F. The highest BCUT2D eigenvalue weighted by atomic mass is 32.1. The fourth-order valence-electron chi connectivity index (χ4n) is 1.85. The highest BCUT2D eigenvalue weighted by molar-refractivity contribution is 7.14. The maximum absolute atomic E-state index is 12.3. The molecule has 1 amide bonds. The number of nitrogens with zero attached hydrogens (tertiary/aromatic N) is 1. The van der Waals surface area contributed by atoms with E-state index in [0.717, 1.165) is 5.69 Å². The van der Waals surface area contributed by atoms with E-state index in [9.17, 15) is 13.6 Å². The lowest BCUT2D eigenvalue weighted by molar-refractivity contribution is -0.0512. The van der Waals surface area contributed by atoms with Crippen molar-refractivity contribution < 1.29 is 23.0 Å². The monoisotopic (exact) mass is 356 g/mol. The van der Waals surface area contributed by atoms with Crippen molar-refractivity contribution in [1.82, 2.24) is 4.98 Å². The van der Waals surface area contributed by atoms with Gasteiger partial charge in [-0.25, -0.2) is 4.98 Å². The summed E-state index contributed by atoms with van der Waals surface area (Å²) in [5, 5.41) is 5.04. The van der Waals surface area contributed by atoms with Gasteiger partial charge in [-0.05, 0) is 18.2 Å². The van der Waals surface area contributed by atoms with Crippen LogP contribution in [0, 0.1) is 0 Å². The molecule has 0 bridgehead atoms. The van der Waals surface area contributed by atoms with E-state index in [2.05, 4.69) is 15.0 Å². The number of hydrogen-bond donors (Lipinski definition) is 1. The number of aromatic nitrogens is 1. The van der Waals surface area contributed by atoms with Crippen molar-refractivity contribution in [2.24, 2.45) is 0 Å². The summed E-state index contributed by atoms with van der Waals surface area (Å²) in [5.41, 5.74) is 1.01. The van der Waals surface area contributed by atoms with Crippen LogP contribution < -0.4 is 14.8 Å². The summed E-state index contributed by atoms with van der Waals surface area (Å²) >= 11 is 1.32. The van der Waals surface area contributed by atoms with E-state index in [1.807, 2.05) is 26.2 Å². The number of carbonyl (C=O) groups is 1. The Balaban J connectivity index is 2.16. The Kier molecular flexibility index (Phi) is 5.38. The minimum atomic E-state index is -2.97. The molecule has 1 heterocycles. The molecule has 0 aliphatic carbocycles. The van der Waals surface area contributed by atoms with Gasteiger partial charge in [-0.2, -0.15) is 8.78 Å². The number of carbonyl (C=O) groups excluding carboxylic acids is 1. The Morgan fingerprint density at radius 1 is 1.29 bits per heavy atom. The zero-order valence-electron chi connectivity index (χ0n) is 13.7. The summed E-state index contributed by atoms with van der Waals surface area (Å²) in [7, 11) is 1.31. The second kappa shape index (κ2) is 7.12. The molecular formula is C16H18F2N2O3S. The van der Waals surface area contributed by atoms with Gasteiger partial charge in [-0.15, -0.1) is 11.3 Å². The van der Waals surface area contributed by atoms with Gasteiger partial charge in [0.15, 0.2) is 16.6 Å². The van der Waals surface area contributed by atoms with Crippen molar-refractivity contribution >= 4 is 22.4 Å². The van der Waals surface area contributed by atoms with Gasteiger partial charge in [0.2, 0.25) is 0 Å². The lowest BCUT2D eigenvalue weighted by atomic mass is 9.93. The summed E-state index contributed by atoms with van der Waals surface area (Å²) in [6.45, 7) is 3.12. The van der Waals surface area contributed by atoms with Crippen molar-refractivity contribution in [2.75, 3.05) is 12.4 Å². The Hall–Kier alpha value is -2.22. The third-order valence-corrected chi connectivity index (χ3v) is 3.89. The van der Waals surface area contributed by atoms with Gasteiger partial charge >= 0.3 is 6.61 Å². The zero-order chi connectivity index (χ0) is 17.9. The van der Waals surface area contributed by atoms with E-state index >= 15 is 0 Å². The Morgan fingerprint density at radius 2 is 2.00 bits per heavy atom. The molecule has 8 heteroatoms. The number of rotatable bonds is 5. The van der Waals surface area contributed by atoms with E-state index in [1.54, 1.807) is 0 Å². The average molecular weight is 356 g/mol. The highest BCUT2D eigenvalue weighted by Crippen LogP contribution is 2.30. The summed E-state index contributed by atoms with van der Waals surface area (Å²) < 4.78 is 34.0. The first kappa shape index (κ1) is 18.1. The molecule has 0 aliphatic heterocycles. The molecule has 2 aromatic rings. The summed E-state index contributed by atoms with van der Waals surface area (Å²) in [4.78, 5) is 16.7. The van der Waals surface area contributed by atoms with Crippen LogP contribution in [0.5, 0.6) is 11.5 Å². The molecule has 1 aromatic heterocycles. The first-order valence-electron chi connectivity index (χ1n) is 7.11. The molecule has 1 aromatic carbocycles. The maximum atomic E-state index is 12.3. The Bertz CT molecular complexity index is 726. The van der Waals surface area contributed by atoms with Crippen LogP contribution >= 0.6 is 11.3 Å². The number of anilines is 1. The van der Waals surface area contributed by atoms with Crippen LogP contribution in [0.1, 0.15) is 36.8 Å². The molecule has 0 spiro atoms. The van der Waals surface area contributed by atoms with Crippen LogP contribution in [0.2, 0.25) is 0 Å². The van der Waals surface area contributed by atoms with Gasteiger partial charge in [0.05, 0.1) is 12.8 Å². The molecule has 0 atom stereocenters. The van der Waals surface area contributed by atoms with Crippen LogP contribution in [0.15, 0.2) is 23.6 Å². The van der Waals surface area contributed by atoms with Gasteiger partial charge in [-0.1, -0.05) is 20.8 Å². The van der Waals surface area contributed by atoms with Gasteiger partial charge in [-0.3, -0.25) is 10.1 Å². The number of alkyl halides is 2. The topological polar surface area (TPSA) is 60.5 Å². The van der Waals surface area contributed by atoms with Crippen molar-refractivity contribution in [2.45, 2.75) is 32.8 Å². The standard InChI is InChI=1S/C16H18F2N2O3S/c1-16(2,3)12-8-24-15(19-12)20-13(21)9-5-6-10(23-14(17)18)11(7-9)22-4/h5-8,14H,1-4H3,(H,19,20,21). The van der Waals surface area contributed by atoms with E-state index in [1.165, 1.54) is 36.6 Å². The molecule has 130 valence electrons. The maximum Gasteiger partial charge on any atom is 0.387 e. The van der Waals surface area contributed by atoms with E-state index in [4.69, 9.17) is 4.74 Å². The first-order valence-corrected chi connectivity index (χ1v) is 7.99. The second-order valence-electron chi connectivity index (χ2n) is 5.99. The second-order valence-corrected chi connectivity index (χ2v) is 6.84. The predicted octanol–water partition coefficient (Wildman–Crippen LogP) is 4.30. The highest BCUT2D eigenvalue weighted by Gasteiger charge is 2.19. The third-order valence-electron chi connectivity index (χ3n) is 3.13. The summed E-state index contributed by atoms with van der Waals surface area (Å²) in [6, 6.07) is 3.99. The van der Waals surface area contributed by atoms with Gasteiger partial charge < -0.3 is 9.47 Å². The van der Waals surface area contributed by atoms with Crippen LogP contribution in [0.3, 0.4) is 0 Å². The smallest absolute Gasteiger partial charge is 0.387 e. The van der Waals surface area contributed by atoms with Gasteiger partial charge in [0.25, 0.3) is 5.91 Å². The average Bonchev–Trinajstić information content (AvgIpc) is 2.95. The van der Waals surface area contributed by atoms with E-state index in [0.29, 0.717) is 5.13 Å². The molecular weight excluding hydrogens is 338 g/mol. The lowest BCUT2D eigenvalue weighted by Gasteiger charge is -2.14. The number of amides is 1. The molecule has 0 radical (unpaired) electrons. The van der Waals surface area contributed by atoms with E-state index < -0.39 is 12.5 Å². The number of methoxy groups -OCH3 is 1. The molecule has 24 heavy (non-hydrogen) atoms. The van der Waals surface area contributed by atoms with Gasteiger partial charge in [0, 0.05) is 16.4 Å². The number of benzene rings is 1. The molecule has 1 N–H and O–H groups in total. The summed E-state index contributed by atoms with van der Waals surface area (Å²) in [5.74, 6) is -0.488. The summed E-state index contributed by atoms with van der Waals surface area (Å²) in [6.07, 6.45) is 0. The normalized spacial score (nSPS) is 11.5. The van der Waals surface area contributed by atoms with Crippen LogP contribution in [-0.2, 0) is 5.41 Å². The number of ether oxygens (including phenoxy) is 2. The molecule has 0 unspecified atom stereocenters. The fraction of sp³-hybridized carbons (Fsp3) is 0.375. The molecule has 2 rings (SSSR count). The first-order chi connectivity index (χ1) is 11.2. The van der Waals surface area contributed by atoms with Crippen LogP contribution in [0.25, 0.3) is 0 Å². The largest absolute Gasteiger partial charge is 0.493 e. The molecule has 5 nitrogen and oxygen atoms in total. The minimum absolute atomic E-state index is 0.0532. The van der Waals surface area contributed by atoms with Crippen molar-refractivity contribution in [3.63, 3.8) is 0 Å². The molecule has 0 saturated carbocycles. The van der Waals surface area contributed by atoms with E-state index in [-0.39, 0.29) is 22.5 Å². The Labute approximate surface area is 142 Å². The third kappa shape index (κ3) is 4.41. The quantitative estimate of drug-likeness (QED) is 0.867. The van der Waals surface area contributed by atoms with Crippen molar-refractivity contribution in [3.05, 3.63) is 34.8 Å². The predicted molar refractivity (Wildman–Crippen MR) is 88.4 cm³/mol. The van der Waals surface area contributed by atoms with Crippen LogP contribution in [-0.4, -0.2) is 24.6 Å². The Morgan fingerprint density at radius 3 is 2.54 bits per heavy atom. The number of nitrogens with one attached hydrogen (secondary N) is 1. The number of thiazole rings is 1. The molecule has 0 aliphatic rings. The van der Waals surface area contributed by atoms with Gasteiger partial charge in [0.1, 0.15) is 0 Å².